The Morgan fingerprint density at radius 3 is 2.45 bits per heavy atom. The van der Waals surface area contributed by atoms with Gasteiger partial charge in [0.2, 0.25) is 5.91 Å². The minimum absolute atomic E-state index is 0.0752. The van der Waals surface area contributed by atoms with Gasteiger partial charge in [0.25, 0.3) is 5.69 Å². The monoisotopic (exact) mass is 410 g/mol. The number of nitro groups is 1. The van der Waals surface area contributed by atoms with Crippen LogP contribution >= 0.6 is 11.3 Å². The van der Waals surface area contributed by atoms with E-state index in [-0.39, 0.29) is 11.6 Å². The van der Waals surface area contributed by atoms with Gasteiger partial charge in [-0.25, -0.2) is 4.98 Å². The van der Waals surface area contributed by atoms with Crippen molar-refractivity contribution in [2.75, 3.05) is 31.1 Å². The molecule has 1 saturated heterocycles. The number of hydrogen-bond acceptors (Lipinski definition) is 6. The van der Waals surface area contributed by atoms with Crippen LogP contribution in [0.2, 0.25) is 0 Å². The van der Waals surface area contributed by atoms with Crippen LogP contribution in [-0.4, -0.2) is 46.9 Å². The number of non-ortho nitro benzene ring substituents is 1. The summed E-state index contributed by atoms with van der Waals surface area (Å²) >= 11 is 1.45. The lowest BCUT2D eigenvalue weighted by Crippen LogP contribution is -2.53. The molecule has 0 atom stereocenters. The molecule has 4 rings (SSSR count). The van der Waals surface area contributed by atoms with Crippen LogP contribution in [0.5, 0.6) is 0 Å². The van der Waals surface area contributed by atoms with Gasteiger partial charge in [-0.3, -0.25) is 14.9 Å². The van der Waals surface area contributed by atoms with Gasteiger partial charge in [0.15, 0.2) is 5.13 Å². The molecule has 2 aromatic carbocycles. The summed E-state index contributed by atoms with van der Waals surface area (Å²) in [5.74, 6) is 0.128. The van der Waals surface area contributed by atoms with Gasteiger partial charge in [-0.1, -0.05) is 41.7 Å². The zero-order chi connectivity index (χ0) is 20.6. The van der Waals surface area contributed by atoms with Crippen LogP contribution in [-0.2, 0) is 10.2 Å². The van der Waals surface area contributed by atoms with Gasteiger partial charge in [0.1, 0.15) is 0 Å². The smallest absolute Gasteiger partial charge is 0.270 e. The second kappa shape index (κ2) is 7.44. The van der Waals surface area contributed by atoms with Gasteiger partial charge in [-0.15, -0.1) is 0 Å². The second-order valence-electron chi connectivity index (χ2n) is 7.68. The Labute approximate surface area is 172 Å². The summed E-state index contributed by atoms with van der Waals surface area (Å²) < 4.78 is 0.804. The number of rotatable bonds is 4. The molecule has 0 radical (unpaired) electrons. The number of benzene rings is 2. The summed E-state index contributed by atoms with van der Waals surface area (Å²) in [5.41, 5.74) is 1.28. The Hall–Kier alpha value is -3.00. The number of aromatic nitrogens is 1. The van der Waals surface area contributed by atoms with Crippen molar-refractivity contribution >= 4 is 38.3 Å². The van der Waals surface area contributed by atoms with E-state index in [9.17, 15) is 14.9 Å². The van der Waals surface area contributed by atoms with Gasteiger partial charge < -0.3 is 9.80 Å². The van der Waals surface area contributed by atoms with Crippen LogP contribution in [0, 0.1) is 10.1 Å². The number of hydrogen-bond donors (Lipinski definition) is 0. The lowest BCUT2D eigenvalue weighted by Gasteiger charge is -2.38. The number of amides is 1. The molecule has 0 spiro atoms. The first kappa shape index (κ1) is 19.3. The normalized spacial score (nSPS) is 15.0. The fourth-order valence-corrected chi connectivity index (χ4v) is 4.67. The third-order valence-electron chi connectivity index (χ3n) is 5.44. The molecule has 0 bridgehead atoms. The maximum absolute atomic E-state index is 13.1. The number of fused-ring (bicyclic) bond motifs is 1. The minimum Gasteiger partial charge on any atom is -0.345 e. The summed E-state index contributed by atoms with van der Waals surface area (Å²) in [6.07, 6.45) is 0. The Morgan fingerprint density at radius 2 is 1.79 bits per heavy atom. The standard InChI is InChI=1S/C21H22N4O3S/c1-21(2,15-6-4-3-5-7-15)19(26)23-10-12-24(13-11-23)20-22-17-9-8-16(25(27)28)14-18(17)29-20/h3-9,14H,10-13H2,1-2H3. The van der Waals surface area contributed by atoms with E-state index in [4.69, 9.17) is 0 Å². The number of carbonyl (C=O) groups is 1. The first-order chi connectivity index (χ1) is 13.9. The molecule has 1 aliphatic heterocycles. The first-order valence-electron chi connectivity index (χ1n) is 9.51. The summed E-state index contributed by atoms with van der Waals surface area (Å²) in [7, 11) is 0. The summed E-state index contributed by atoms with van der Waals surface area (Å²) in [6, 6.07) is 14.6. The van der Waals surface area contributed by atoms with E-state index in [0.717, 1.165) is 20.9 Å². The van der Waals surface area contributed by atoms with Crippen molar-refractivity contribution in [2.45, 2.75) is 19.3 Å². The molecule has 1 amide bonds. The Bertz CT molecular complexity index is 1060. The molecule has 8 heteroatoms. The maximum atomic E-state index is 13.1. The van der Waals surface area contributed by atoms with Crippen LogP contribution in [0.4, 0.5) is 10.8 Å². The lowest BCUT2D eigenvalue weighted by atomic mass is 9.83. The number of thiazole rings is 1. The summed E-state index contributed by atoms with van der Waals surface area (Å²) in [4.78, 5) is 32.4. The molecule has 0 unspecified atom stereocenters. The maximum Gasteiger partial charge on any atom is 0.270 e. The van der Waals surface area contributed by atoms with Crippen molar-refractivity contribution in [2.24, 2.45) is 0 Å². The molecule has 0 aliphatic carbocycles. The zero-order valence-electron chi connectivity index (χ0n) is 16.4. The fourth-order valence-electron chi connectivity index (χ4n) is 3.62. The van der Waals surface area contributed by atoms with E-state index in [2.05, 4.69) is 9.88 Å². The van der Waals surface area contributed by atoms with Crippen molar-refractivity contribution in [3.63, 3.8) is 0 Å². The number of piperazine rings is 1. The van der Waals surface area contributed by atoms with Crippen LogP contribution in [0.15, 0.2) is 48.5 Å². The molecule has 150 valence electrons. The second-order valence-corrected chi connectivity index (χ2v) is 8.68. The summed E-state index contributed by atoms with van der Waals surface area (Å²) in [6.45, 7) is 6.59. The molecule has 2 heterocycles. The molecular formula is C21H22N4O3S. The summed E-state index contributed by atoms with van der Waals surface area (Å²) in [5, 5.41) is 11.8. The number of nitrogens with zero attached hydrogens (tertiary/aromatic N) is 4. The SMILES string of the molecule is CC(C)(C(=O)N1CCN(c2nc3ccc([N+](=O)[O-])cc3s2)CC1)c1ccccc1. The average Bonchev–Trinajstić information content (AvgIpc) is 3.17. The average molecular weight is 410 g/mol. The molecular weight excluding hydrogens is 388 g/mol. The largest absolute Gasteiger partial charge is 0.345 e. The van der Waals surface area contributed by atoms with Crippen molar-refractivity contribution in [3.05, 3.63) is 64.2 Å². The molecule has 0 saturated carbocycles. The molecule has 7 nitrogen and oxygen atoms in total. The topological polar surface area (TPSA) is 79.6 Å². The predicted octanol–water partition coefficient (Wildman–Crippen LogP) is 3.83. The highest BCUT2D eigenvalue weighted by Crippen LogP contribution is 2.32. The minimum atomic E-state index is -0.571. The molecule has 1 fully saturated rings. The van der Waals surface area contributed by atoms with Crippen LogP contribution in [0.25, 0.3) is 10.2 Å². The van der Waals surface area contributed by atoms with Crippen LogP contribution < -0.4 is 4.90 Å². The molecule has 1 aliphatic rings. The van der Waals surface area contributed by atoms with Gasteiger partial charge in [-0.05, 0) is 25.5 Å². The lowest BCUT2D eigenvalue weighted by molar-refractivity contribution is -0.384. The van der Waals surface area contributed by atoms with Crippen molar-refractivity contribution in [3.8, 4) is 0 Å². The van der Waals surface area contributed by atoms with Crippen molar-refractivity contribution in [1.82, 2.24) is 9.88 Å². The van der Waals surface area contributed by atoms with Gasteiger partial charge in [-0.2, -0.15) is 0 Å². The van der Waals surface area contributed by atoms with E-state index in [0.29, 0.717) is 26.2 Å². The van der Waals surface area contributed by atoms with E-state index >= 15 is 0 Å². The molecule has 29 heavy (non-hydrogen) atoms. The molecule has 1 aromatic heterocycles. The van der Waals surface area contributed by atoms with Gasteiger partial charge in [0.05, 0.1) is 20.6 Å². The third-order valence-corrected chi connectivity index (χ3v) is 6.52. The Kier molecular flexibility index (Phi) is 4.96. The van der Waals surface area contributed by atoms with Crippen LogP contribution in [0.3, 0.4) is 0 Å². The molecule has 3 aromatic rings. The quantitative estimate of drug-likeness (QED) is 0.482. The predicted molar refractivity (Wildman–Crippen MR) is 115 cm³/mol. The van der Waals surface area contributed by atoms with Crippen molar-refractivity contribution < 1.29 is 9.72 Å². The van der Waals surface area contributed by atoms with Crippen LogP contribution in [0.1, 0.15) is 19.4 Å². The highest BCUT2D eigenvalue weighted by Gasteiger charge is 2.35. The highest BCUT2D eigenvalue weighted by atomic mass is 32.1. The van der Waals surface area contributed by atoms with Gasteiger partial charge >= 0.3 is 0 Å². The van der Waals surface area contributed by atoms with Gasteiger partial charge in [0, 0.05) is 38.3 Å². The number of carbonyl (C=O) groups excluding carboxylic acids is 1. The number of anilines is 1. The highest BCUT2D eigenvalue weighted by molar-refractivity contribution is 7.22. The first-order valence-corrected chi connectivity index (χ1v) is 10.3. The van der Waals surface area contributed by atoms with E-state index in [1.165, 1.54) is 17.4 Å². The fraction of sp³-hybridized carbons (Fsp3) is 0.333. The van der Waals surface area contributed by atoms with E-state index < -0.39 is 10.3 Å². The zero-order valence-corrected chi connectivity index (χ0v) is 17.2. The third kappa shape index (κ3) is 3.67. The van der Waals surface area contributed by atoms with Crippen molar-refractivity contribution in [1.29, 1.82) is 0 Å². The Morgan fingerprint density at radius 1 is 1.10 bits per heavy atom. The van der Waals surface area contributed by atoms with E-state index in [1.54, 1.807) is 12.1 Å². The number of nitro benzene ring substituents is 1. The molecule has 0 N–H and O–H groups in total. The Balaban J connectivity index is 1.46. The van der Waals surface area contributed by atoms with E-state index in [1.807, 2.05) is 49.1 Å².